The van der Waals surface area contributed by atoms with Crippen LogP contribution in [-0.2, 0) is 0 Å². The normalized spacial score (nSPS) is 11.9. The molecule has 0 aliphatic carbocycles. The minimum absolute atomic E-state index is 0.0669. The molecule has 0 aliphatic rings. The molecule has 1 aromatic rings. The molecule has 0 radical (unpaired) electrons. The van der Waals surface area contributed by atoms with Crippen LogP contribution in [-0.4, -0.2) is 42.5 Å². The average molecular weight is 266 g/mol. The predicted molar refractivity (Wildman–Crippen MR) is 74.0 cm³/mol. The molecule has 2 amide bonds. The molecule has 1 aromatic carbocycles. The summed E-state index contributed by atoms with van der Waals surface area (Å²) in [5, 5.41) is 23.1. The quantitative estimate of drug-likeness (QED) is 0.526. The van der Waals surface area contributed by atoms with Crippen LogP contribution in [0.15, 0.2) is 30.3 Å². The van der Waals surface area contributed by atoms with E-state index in [1.807, 2.05) is 30.3 Å². The molecule has 0 spiro atoms. The lowest BCUT2D eigenvalue weighted by atomic mass is 9.96. The Morgan fingerprint density at radius 2 is 1.84 bits per heavy atom. The molecule has 0 saturated heterocycles. The maximum Gasteiger partial charge on any atom is 0.314 e. The third-order valence-corrected chi connectivity index (χ3v) is 2.88. The topological polar surface area (TPSA) is 81.6 Å². The van der Waals surface area contributed by atoms with Gasteiger partial charge in [-0.3, -0.25) is 0 Å². The number of aliphatic hydroxyl groups excluding tert-OH is 2. The summed E-state index contributed by atoms with van der Waals surface area (Å²) in [6.45, 7) is 1.10. The maximum atomic E-state index is 11.5. The number of benzene rings is 1. The fourth-order valence-electron chi connectivity index (χ4n) is 1.83. The molecule has 0 bridgehead atoms. The summed E-state index contributed by atoms with van der Waals surface area (Å²) in [5.74, 6) is 0.106. The van der Waals surface area contributed by atoms with E-state index in [0.29, 0.717) is 25.9 Å². The van der Waals surface area contributed by atoms with Gasteiger partial charge in [0.2, 0.25) is 0 Å². The zero-order chi connectivity index (χ0) is 13.9. The van der Waals surface area contributed by atoms with Gasteiger partial charge in [0.15, 0.2) is 0 Å². The van der Waals surface area contributed by atoms with Crippen LogP contribution in [0.3, 0.4) is 0 Å². The van der Waals surface area contributed by atoms with Gasteiger partial charge in [0.05, 0.1) is 0 Å². The minimum Gasteiger partial charge on any atom is -0.396 e. The van der Waals surface area contributed by atoms with E-state index in [2.05, 4.69) is 10.6 Å². The molecule has 1 unspecified atom stereocenters. The number of aliphatic hydroxyl groups is 2. The van der Waals surface area contributed by atoms with Crippen molar-refractivity contribution in [3.05, 3.63) is 35.9 Å². The Bertz CT molecular complexity index is 357. The molecule has 1 atom stereocenters. The lowest BCUT2D eigenvalue weighted by Crippen LogP contribution is -2.38. The summed E-state index contributed by atoms with van der Waals surface area (Å²) in [6.07, 6.45) is 1.16. The molecule has 0 heterocycles. The number of carbonyl (C=O) groups is 1. The fourth-order valence-corrected chi connectivity index (χ4v) is 1.83. The van der Waals surface area contributed by atoms with Crippen molar-refractivity contribution in [2.45, 2.75) is 18.8 Å². The van der Waals surface area contributed by atoms with Gasteiger partial charge in [0.1, 0.15) is 0 Å². The highest BCUT2D eigenvalue weighted by molar-refractivity contribution is 5.73. The third kappa shape index (κ3) is 6.22. The Kier molecular flexibility index (Phi) is 7.62. The fraction of sp³-hybridized carbons (Fsp3) is 0.500. The zero-order valence-corrected chi connectivity index (χ0v) is 11.0. The lowest BCUT2D eigenvalue weighted by Gasteiger charge is -2.17. The molecular formula is C14H22N2O3. The van der Waals surface area contributed by atoms with Crippen molar-refractivity contribution < 1.29 is 15.0 Å². The van der Waals surface area contributed by atoms with Crippen molar-refractivity contribution in [3.63, 3.8) is 0 Å². The summed E-state index contributed by atoms with van der Waals surface area (Å²) in [4.78, 5) is 11.5. The molecule has 1 rings (SSSR count). The van der Waals surface area contributed by atoms with Crippen LogP contribution in [0.2, 0.25) is 0 Å². The van der Waals surface area contributed by atoms with Crippen LogP contribution in [0.25, 0.3) is 0 Å². The molecule has 0 fully saturated rings. The number of hydrogen-bond acceptors (Lipinski definition) is 3. The van der Waals surface area contributed by atoms with Crippen molar-refractivity contribution in [1.82, 2.24) is 10.6 Å². The summed E-state index contributed by atoms with van der Waals surface area (Å²) in [5.41, 5.74) is 1.10. The van der Waals surface area contributed by atoms with E-state index < -0.39 is 0 Å². The van der Waals surface area contributed by atoms with Crippen molar-refractivity contribution in [3.8, 4) is 0 Å². The number of carbonyl (C=O) groups excluding carboxylic acids is 1. The van der Waals surface area contributed by atoms with Gasteiger partial charge < -0.3 is 20.8 Å². The number of nitrogens with one attached hydrogen (secondary N) is 2. The lowest BCUT2D eigenvalue weighted by molar-refractivity contribution is 0.235. The smallest absolute Gasteiger partial charge is 0.314 e. The van der Waals surface area contributed by atoms with Crippen molar-refractivity contribution in [2.75, 3.05) is 26.3 Å². The van der Waals surface area contributed by atoms with Gasteiger partial charge >= 0.3 is 6.03 Å². The summed E-state index contributed by atoms with van der Waals surface area (Å²) in [6, 6.07) is 9.57. The highest BCUT2D eigenvalue weighted by Gasteiger charge is 2.11. The van der Waals surface area contributed by atoms with Crippen LogP contribution >= 0.6 is 0 Å². The van der Waals surface area contributed by atoms with Crippen LogP contribution in [0.5, 0.6) is 0 Å². The Labute approximate surface area is 113 Å². The maximum absolute atomic E-state index is 11.5. The van der Waals surface area contributed by atoms with Gasteiger partial charge in [0.25, 0.3) is 0 Å². The van der Waals surface area contributed by atoms with Gasteiger partial charge in [-0.25, -0.2) is 4.79 Å². The summed E-state index contributed by atoms with van der Waals surface area (Å²) >= 11 is 0. The van der Waals surface area contributed by atoms with Gasteiger partial charge in [-0.15, -0.1) is 0 Å². The Morgan fingerprint density at radius 1 is 1.11 bits per heavy atom. The molecule has 0 saturated carbocycles. The Balaban J connectivity index is 2.40. The molecule has 0 aromatic heterocycles. The highest BCUT2D eigenvalue weighted by Crippen LogP contribution is 2.17. The predicted octanol–water partition coefficient (Wildman–Crippen LogP) is 0.834. The summed E-state index contributed by atoms with van der Waals surface area (Å²) < 4.78 is 0. The standard InChI is InChI=1S/C14H22N2O3/c17-9-4-8-15-14(19)16-11-13(7-10-18)12-5-2-1-3-6-12/h1-3,5-6,13,17-18H,4,7-11H2,(H2,15,16,19). The summed E-state index contributed by atoms with van der Waals surface area (Å²) in [7, 11) is 0. The highest BCUT2D eigenvalue weighted by atomic mass is 16.3. The van der Waals surface area contributed by atoms with E-state index in [0.717, 1.165) is 5.56 Å². The van der Waals surface area contributed by atoms with E-state index >= 15 is 0 Å². The molecule has 106 valence electrons. The number of hydrogen-bond donors (Lipinski definition) is 4. The Hall–Kier alpha value is -1.59. The SMILES string of the molecule is O=C(NCCCO)NCC(CCO)c1ccccc1. The zero-order valence-electron chi connectivity index (χ0n) is 11.0. The molecule has 4 N–H and O–H groups in total. The van der Waals surface area contributed by atoms with Gasteiger partial charge in [-0.05, 0) is 18.4 Å². The van der Waals surface area contributed by atoms with Crippen LogP contribution in [0, 0.1) is 0 Å². The third-order valence-electron chi connectivity index (χ3n) is 2.88. The first-order chi connectivity index (χ1) is 9.27. The number of urea groups is 1. The van der Waals surface area contributed by atoms with Crippen LogP contribution in [0.1, 0.15) is 24.3 Å². The molecule has 5 heteroatoms. The van der Waals surface area contributed by atoms with E-state index in [4.69, 9.17) is 10.2 Å². The molecule has 0 aliphatic heterocycles. The molecule has 19 heavy (non-hydrogen) atoms. The largest absolute Gasteiger partial charge is 0.396 e. The van der Waals surface area contributed by atoms with Crippen molar-refractivity contribution >= 4 is 6.03 Å². The van der Waals surface area contributed by atoms with Crippen LogP contribution < -0.4 is 10.6 Å². The van der Waals surface area contributed by atoms with E-state index in [1.165, 1.54) is 0 Å². The Morgan fingerprint density at radius 3 is 2.47 bits per heavy atom. The molecular weight excluding hydrogens is 244 g/mol. The van der Waals surface area contributed by atoms with E-state index in [9.17, 15) is 4.79 Å². The second kappa shape index (κ2) is 9.35. The monoisotopic (exact) mass is 266 g/mol. The van der Waals surface area contributed by atoms with Gasteiger partial charge in [-0.1, -0.05) is 30.3 Å². The van der Waals surface area contributed by atoms with Crippen molar-refractivity contribution in [1.29, 1.82) is 0 Å². The average Bonchev–Trinajstić information content (AvgIpc) is 2.44. The van der Waals surface area contributed by atoms with E-state index in [-0.39, 0.29) is 25.2 Å². The second-order valence-electron chi connectivity index (χ2n) is 4.33. The molecule has 5 nitrogen and oxygen atoms in total. The number of amides is 2. The first kappa shape index (κ1) is 15.5. The first-order valence-electron chi connectivity index (χ1n) is 6.56. The first-order valence-corrected chi connectivity index (χ1v) is 6.56. The van der Waals surface area contributed by atoms with Crippen molar-refractivity contribution in [2.24, 2.45) is 0 Å². The second-order valence-corrected chi connectivity index (χ2v) is 4.33. The number of rotatable bonds is 8. The van der Waals surface area contributed by atoms with E-state index in [1.54, 1.807) is 0 Å². The van der Waals surface area contributed by atoms with Crippen LogP contribution in [0.4, 0.5) is 4.79 Å². The van der Waals surface area contributed by atoms with Gasteiger partial charge in [0, 0.05) is 32.2 Å². The minimum atomic E-state index is -0.243. The van der Waals surface area contributed by atoms with Gasteiger partial charge in [-0.2, -0.15) is 0 Å².